The standard InChI is InChI=1S/C22H31NO3/c1-21(2)15-10-11-22(21,3)19(12-15)26-20(24)23-16-9-8-14-6-5-7-18(25-4)17(14)13-16/h5-7,15-16,19H,8-13H2,1-4H3,(H,23,24). The first-order chi connectivity index (χ1) is 12.3. The molecule has 0 heterocycles. The molecule has 4 atom stereocenters. The molecule has 4 heteroatoms. The number of fused-ring (bicyclic) bond motifs is 3. The molecule has 1 aromatic rings. The fraction of sp³-hybridized carbons (Fsp3) is 0.682. The molecule has 4 nitrogen and oxygen atoms in total. The van der Waals surface area contributed by atoms with Crippen molar-refractivity contribution >= 4 is 6.09 Å². The van der Waals surface area contributed by atoms with Crippen molar-refractivity contribution in [2.75, 3.05) is 7.11 Å². The van der Waals surface area contributed by atoms with Crippen LogP contribution in [0.15, 0.2) is 18.2 Å². The van der Waals surface area contributed by atoms with Gasteiger partial charge in [-0.25, -0.2) is 4.79 Å². The van der Waals surface area contributed by atoms with Crippen molar-refractivity contribution < 1.29 is 14.3 Å². The second-order valence-corrected chi connectivity index (χ2v) is 9.19. The van der Waals surface area contributed by atoms with Crippen molar-refractivity contribution in [3.05, 3.63) is 29.3 Å². The lowest BCUT2D eigenvalue weighted by atomic mass is 9.70. The first-order valence-corrected chi connectivity index (χ1v) is 9.97. The maximum atomic E-state index is 12.6. The van der Waals surface area contributed by atoms with Crippen LogP contribution < -0.4 is 10.1 Å². The molecule has 2 bridgehead atoms. The average molecular weight is 357 g/mol. The molecule has 2 saturated carbocycles. The molecule has 26 heavy (non-hydrogen) atoms. The molecule has 0 saturated heterocycles. The summed E-state index contributed by atoms with van der Waals surface area (Å²) in [5, 5.41) is 3.13. The highest BCUT2D eigenvalue weighted by Crippen LogP contribution is 2.66. The maximum absolute atomic E-state index is 12.6. The highest BCUT2D eigenvalue weighted by molar-refractivity contribution is 5.68. The van der Waals surface area contributed by atoms with Crippen LogP contribution in [0.25, 0.3) is 0 Å². The number of amides is 1. The smallest absolute Gasteiger partial charge is 0.407 e. The largest absolute Gasteiger partial charge is 0.496 e. The Labute approximate surface area is 156 Å². The normalized spacial score (nSPS) is 34.2. The van der Waals surface area contributed by atoms with E-state index in [0.717, 1.165) is 37.9 Å². The fourth-order valence-electron chi connectivity index (χ4n) is 5.71. The molecule has 2 fully saturated rings. The summed E-state index contributed by atoms with van der Waals surface area (Å²) >= 11 is 0. The van der Waals surface area contributed by atoms with Crippen LogP contribution in [0.1, 0.15) is 57.6 Å². The van der Waals surface area contributed by atoms with Crippen LogP contribution in [0, 0.1) is 16.7 Å². The second kappa shape index (κ2) is 6.17. The number of ether oxygens (including phenoxy) is 2. The zero-order chi connectivity index (χ0) is 18.5. The SMILES string of the molecule is COc1cccc2c1CC(NC(=O)OC1CC3CCC1(C)C3(C)C)CC2. The van der Waals surface area contributed by atoms with E-state index in [-0.39, 0.29) is 29.1 Å². The maximum Gasteiger partial charge on any atom is 0.407 e. The summed E-state index contributed by atoms with van der Waals surface area (Å²) < 4.78 is 11.4. The van der Waals surface area contributed by atoms with Gasteiger partial charge in [-0.15, -0.1) is 0 Å². The highest BCUT2D eigenvalue weighted by atomic mass is 16.6. The number of methoxy groups -OCH3 is 1. The van der Waals surface area contributed by atoms with Gasteiger partial charge in [-0.2, -0.15) is 0 Å². The quantitative estimate of drug-likeness (QED) is 0.867. The van der Waals surface area contributed by atoms with Gasteiger partial charge in [0, 0.05) is 11.5 Å². The highest BCUT2D eigenvalue weighted by Gasteiger charge is 2.62. The molecule has 1 amide bonds. The van der Waals surface area contributed by atoms with Crippen LogP contribution in [0.2, 0.25) is 0 Å². The number of hydrogen-bond acceptors (Lipinski definition) is 3. The molecule has 0 aromatic heterocycles. The molecule has 3 aliphatic rings. The van der Waals surface area contributed by atoms with Crippen LogP contribution in [0.4, 0.5) is 4.79 Å². The van der Waals surface area contributed by atoms with Crippen LogP contribution in [0.5, 0.6) is 5.75 Å². The fourth-order valence-corrected chi connectivity index (χ4v) is 5.71. The van der Waals surface area contributed by atoms with Crippen molar-refractivity contribution in [1.82, 2.24) is 5.32 Å². The summed E-state index contributed by atoms with van der Waals surface area (Å²) in [4.78, 5) is 12.6. The van der Waals surface area contributed by atoms with Gasteiger partial charge >= 0.3 is 6.09 Å². The van der Waals surface area contributed by atoms with Gasteiger partial charge in [0.05, 0.1) is 7.11 Å². The molecule has 1 aromatic carbocycles. The molecule has 4 unspecified atom stereocenters. The lowest BCUT2D eigenvalue weighted by molar-refractivity contribution is -0.00541. The Morgan fingerprint density at radius 2 is 2.04 bits per heavy atom. The Balaban J connectivity index is 1.39. The van der Waals surface area contributed by atoms with E-state index < -0.39 is 0 Å². The lowest BCUT2D eigenvalue weighted by Crippen LogP contribution is -2.44. The Morgan fingerprint density at radius 3 is 2.69 bits per heavy atom. The van der Waals surface area contributed by atoms with E-state index in [1.54, 1.807) is 7.11 Å². The van der Waals surface area contributed by atoms with Gasteiger partial charge in [0.15, 0.2) is 0 Å². The van der Waals surface area contributed by atoms with Crippen molar-refractivity contribution in [3.63, 3.8) is 0 Å². The van der Waals surface area contributed by atoms with Gasteiger partial charge in [-0.3, -0.25) is 0 Å². The predicted octanol–water partition coefficient (Wildman–Crippen LogP) is 4.49. The molecule has 142 valence electrons. The minimum atomic E-state index is -0.247. The predicted molar refractivity (Wildman–Crippen MR) is 101 cm³/mol. The zero-order valence-corrected chi connectivity index (χ0v) is 16.4. The van der Waals surface area contributed by atoms with Gasteiger partial charge in [-0.1, -0.05) is 32.9 Å². The van der Waals surface area contributed by atoms with Crippen molar-refractivity contribution in [1.29, 1.82) is 0 Å². The zero-order valence-electron chi connectivity index (χ0n) is 16.4. The lowest BCUT2D eigenvalue weighted by Gasteiger charge is -2.38. The summed E-state index contributed by atoms with van der Waals surface area (Å²) in [5.41, 5.74) is 2.92. The molecule has 3 aliphatic carbocycles. The van der Waals surface area contributed by atoms with Gasteiger partial charge < -0.3 is 14.8 Å². The summed E-state index contributed by atoms with van der Waals surface area (Å²) in [7, 11) is 1.71. The minimum absolute atomic E-state index is 0.0432. The summed E-state index contributed by atoms with van der Waals surface area (Å²) in [6.45, 7) is 6.99. The molecule has 4 rings (SSSR count). The third-order valence-electron chi connectivity index (χ3n) is 7.95. The van der Waals surface area contributed by atoms with E-state index in [1.807, 2.05) is 12.1 Å². The second-order valence-electron chi connectivity index (χ2n) is 9.19. The van der Waals surface area contributed by atoms with Crippen LogP contribution >= 0.6 is 0 Å². The summed E-state index contributed by atoms with van der Waals surface area (Å²) in [5.74, 6) is 1.60. The molecule has 1 N–H and O–H groups in total. The number of aryl methyl sites for hydroxylation is 1. The van der Waals surface area contributed by atoms with Gasteiger partial charge in [-0.05, 0) is 67.1 Å². The molecular formula is C22H31NO3. The summed E-state index contributed by atoms with van der Waals surface area (Å²) in [6, 6.07) is 6.31. The van der Waals surface area contributed by atoms with Gasteiger partial charge in [0.2, 0.25) is 0 Å². The van der Waals surface area contributed by atoms with Crippen LogP contribution in [-0.2, 0) is 17.6 Å². The average Bonchev–Trinajstić information content (AvgIpc) is 2.94. The van der Waals surface area contributed by atoms with Gasteiger partial charge in [0.25, 0.3) is 0 Å². The summed E-state index contributed by atoms with van der Waals surface area (Å²) in [6.07, 6.45) is 5.97. The third kappa shape index (κ3) is 2.60. The molecule has 0 radical (unpaired) electrons. The Bertz CT molecular complexity index is 699. The van der Waals surface area contributed by atoms with Crippen LogP contribution in [0.3, 0.4) is 0 Å². The first-order valence-electron chi connectivity index (χ1n) is 9.97. The Morgan fingerprint density at radius 1 is 1.23 bits per heavy atom. The number of carbonyl (C=O) groups excluding carboxylic acids is 1. The number of alkyl carbamates (subject to hydrolysis) is 1. The Kier molecular flexibility index (Phi) is 4.20. The Hall–Kier alpha value is -1.71. The van der Waals surface area contributed by atoms with Crippen molar-refractivity contribution in [3.8, 4) is 5.75 Å². The number of carbonyl (C=O) groups is 1. The van der Waals surface area contributed by atoms with Gasteiger partial charge in [0.1, 0.15) is 11.9 Å². The van der Waals surface area contributed by atoms with E-state index in [9.17, 15) is 4.79 Å². The van der Waals surface area contributed by atoms with E-state index in [4.69, 9.17) is 9.47 Å². The number of rotatable bonds is 3. The monoisotopic (exact) mass is 357 g/mol. The van der Waals surface area contributed by atoms with E-state index in [2.05, 4.69) is 32.2 Å². The van der Waals surface area contributed by atoms with Crippen molar-refractivity contribution in [2.24, 2.45) is 16.7 Å². The number of hydrogen-bond donors (Lipinski definition) is 1. The van der Waals surface area contributed by atoms with E-state index in [1.165, 1.54) is 17.5 Å². The van der Waals surface area contributed by atoms with Crippen molar-refractivity contribution in [2.45, 2.75) is 71.4 Å². The number of benzene rings is 1. The molecular weight excluding hydrogens is 326 g/mol. The topological polar surface area (TPSA) is 47.6 Å². The first kappa shape index (κ1) is 17.7. The molecule has 0 aliphatic heterocycles. The minimum Gasteiger partial charge on any atom is -0.496 e. The third-order valence-corrected chi connectivity index (χ3v) is 7.95. The van der Waals surface area contributed by atoms with Crippen LogP contribution in [-0.4, -0.2) is 25.3 Å². The number of nitrogens with one attached hydrogen (secondary N) is 1. The van der Waals surface area contributed by atoms with E-state index >= 15 is 0 Å². The van der Waals surface area contributed by atoms with E-state index in [0.29, 0.717) is 5.92 Å². The molecule has 0 spiro atoms.